The molecule has 1 aliphatic rings. The molecule has 1 N–H and O–H groups in total. The Morgan fingerprint density at radius 1 is 0.629 bits per heavy atom. The number of benzene rings is 5. The van der Waals surface area contributed by atoms with E-state index in [0.717, 1.165) is 38.3 Å². The Morgan fingerprint density at radius 2 is 1.17 bits per heavy atom. The summed E-state index contributed by atoms with van der Waals surface area (Å²) in [6.07, 6.45) is 16.2. The molecule has 3 amide bonds. The van der Waals surface area contributed by atoms with Gasteiger partial charge in [0.2, 0.25) is 11.8 Å². The second-order valence-corrected chi connectivity index (χ2v) is 22.7. The van der Waals surface area contributed by atoms with Gasteiger partial charge in [0.25, 0.3) is 5.91 Å². The molecule has 7 rings (SSSR count). The van der Waals surface area contributed by atoms with E-state index >= 15 is 0 Å². The van der Waals surface area contributed by atoms with E-state index in [1.54, 1.807) is 48.2 Å². The van der Waals surface area contributed by atoms with Gasteiger partial charge >= 0.3 is 5.63 Å². The van der Waals surface area contributed by atoms with Crippen LogP contribution in [-0.4, -0.2) is 66.0 Å². The Bertz CT molecular complexity index is 2580. The third kappa shape index (κ3) is 14.0. The summed E-state index contributed by atoms with van der Waals surface area (Å²) in [5.74, 6) is 0.270. The molecule has 5 aromatic carbocycles. The number of nitrogens with one attached hydrogen (secondary N) is 1. The molecule has 1 saturated heterocycles. The Labute approximate surface area is 420 Å². The maximum atomic E-state index is 13.7. The topological polar surface area (TPSA) is 109 Å². The van der Waals surface area contributed by atoms with Crippen molar-refractivity contribution < 1.29 is 23.5 Å². The summed E-state index contributed by atoms with van der Waals surface area (Å²) in [6, 6.07) is 44.3. The molecule has 1 aromatic heterocycles. The Morgan fingerprint density at radius 3 is 1.74 bits per heavy atom. The Balaban J connectivity index is 0.873. The number of hydrogen-bond donors (Lipinski definition) is 1. The summed E-state index contributed by atoms with van der Waals surface area (Å²) in [5, 5.41) is 8.03. The van der Waals surface area contributed by atoms with Gasteiger partial charge in [0.15, 0.2) is 6.10 Å². The van der Waals surface area contributed by atoms with Crippen molar-refractivity contribution in [1.29, 1.82) is 0 Å². The van der Waals surface area contributed by atoms with Gasteiger partial charge in [0.05, 0.1) is 11.2 Å². The van der Waals surface area contributed by atoms with Crippen molar-refractivity contribution in [3.05, 3.63) is 149 Å². The number of halogens is 1. The lowest BCUT2D eigenvalue weighted by molar-refractivity contribution is -0.143. The first-order chi connectivity index (χ1) is 34.2. The molecule has 0 aliphatic carbocycles. The van der Waals surface area contributed by atoms with Gasteiger partial charge in [-0.1, -0.05) is 143 Å². The number of ether oxygens (including phenoxy) is 1. The molecule has 6 aromatic rings. The molecule has 368 valence electrons. The lowest BCUT2D eigenvalue weighted by atomic mass is 10.0. The zero-order valence-corrected chi connectivity index (χ0v) is 42.7. The van der Waals surface area contributed by atoms with Crippen molar-refractivity contribution in [2.45, 2.75) is 116 Å². The molecule has 0 saturated carbocycles. The minimum absolute atomic E-state index is 0.0457. The number of unbranched alkanes of at least 4 members (excludes halogenated alkanes) is 11. The van der Waals surface area contributed by atoms with Gasteiger partial charge in [-0.15, -0.1) is 0 Å². The van der Waals surface area contributed by atoms with Crippen LogP contribution >= 0.6 is 18.9 Å². The van der Waals surface area contributed by atoms with Crippen LogP contribution in [0.15, 0.2) is 143 Å². The van der Waals surface area contributed by atoms with E-state index in [4.69, 9.17) is 20.8 Å². The zero-order valence-electron chi connectivity index (χ0n) is 41.1. The summed E-state index contributed by atoms with van der Waals surface area (Å²) in [7, 11) is -1.96. The van der Waals surface area contributed by atoms with Gasteiger partial charge in [-0.25, -0.2) is 4.79 Å². The molecule has 0 spiro atoms. The van der Waals surface area contributed by atoms with Crippen LogP contribution in [0.5, 0.6) is 5.75 Å². The fraction of sp³-hybridized carbons (Fsp3) is 0.390. The number of nitrogens with zero attached hydrogens (tertiary/aromatic N) is 2. The van der Waals surface area contributed by atoms with Crippen LogP contribution in [0, 0.1) is 0 Å². The van der Waals surface area contributed by atoms with Gasteiger partial charge in [0.1, 0.15) is 34.5 Å². The molecule has 1 fully saturated rings. The maximum Gasteiger partial charge on any atom is 0.336 e. The Kier molecular flexibility index (Phi) is 19.7. The lowest BCUT2D eigenvalue weighted by Crippen LogP contribution is -2.53. The van der Waals surface area contributed by atoms with Crippen LogP contribution in [0.1, 0.15) is 110 Å². The standard InChI is InChI=1S/C59H69ClN3O6P/c1-3-4-5-6-7-8-9-10-11-12-22-31-56(64)61-46-33-35-51(54(60)42-46)53-44-58(66)69-55-43-47(34-36-52(53)55)68-45(2)59(67)63-39-37-62(38-40-63)57(65)32-23-24-41-70(48-25-16-13-17-26-48,49-27-18-14-19-28-49)50-29-20-15-21-30-50/h13-21,25-30,33-36,42-45H,3-12,22-24,31-32,37-41H2,1-2H3/p+1/t45-/m1/s1. The van der Waals surface area contributed by atoms with E-state index in [-0.39, 0.29) is 17.7 Å². The molecule has 9 nitrogen and oxygen atoms in total. The molecule has 0 radical (unpaired) electrons. The largest absolute Gasteiger partial charge is 0.481 e. The van der Waals surface area contributed by atoms with Gasteiger partial charge < -0.3 is 24.3 Å². The average molecular weight is 984 g/mol. The molecule has 0 unspecified atom stereocenters. The molecule has 70 heavy (non-hydrogen) atoms. The van der Waals surface area contributed by atoms with E-state index in [9.17, 15) is 19.2 Å². The van der Waals surface area contributed by atoms with Gasteiger partial charge in [-0.3, -0.25) is 14.4 Å². The number of piperazine rings is 1. The number of hydrogen-bond acceptors (Lipinski definition) is 6. The van der Waals surface area contributed by atoms with Gasteiger partial charge in [-0.2, -0.15) is 0 Å². The highest BCUT2D eigenvalue weighted by atomic mass is 35.5. The predicted molar refractivity (Wildman–Crippen MR) is 290 cm³/mol. The summed E-state index contributed by atoms with van der Waals surface area (Å²) >= 11 is 6.79. The van der Waals surface area contributed by atoms with Crippen molar-refractivity contribution in [1.82, 2.24) is 9.80 Å². The van der Waals surface area contributed by atoms with Crippen LogP contribution in [0.4, 0.5) is 5.69 Å². The predicted octanol–water partition coefficient (Wildman–Crippen LogP) is 12.4. The summed E-state index contributed by atoms with van der Waals surface area (Å²) in [4.78, 5) is 56.4. The number of carbonyl (C=O) groups is 3. The summed E-state index contributed by atoms with van der Waals surface area (Å²) in [5.41, 5.74) is 1.53. The van der Waals surface area contributed by atoms with E-state index < -0.39 is 19.0 Å². The number of amides is 3. The van der Waals surface area contributed by atoms with Crippen molar-refractivity contribution in [3.8, 4) is 16.9 Å². The molecule has 2 heterocycles. The second-order valence-electron chi connectivity index (χ2n) is 18.6. The highest BCUT2D eigenvalue weighted by Gasteiger charge is 2.44. The van der Waals surface area contributed by atoms with E-state index in [0.29, 0.717) is 77.6 Å². The van der Waals surface area contributed by atoms with Crippen molar-refractivity contribution in [2.24, 2.45) is 0 Å². The van der Waals surface area contributed by atoms with Crippen LogP contribution in [-0.2, 0) is 14.4 Å². The van der Waals surface area contributed by atoms with Crippen LogP contribution in [0.25, 0.3) is 22.1 Å². The fourth-order valence-electron chi connectivity index (χ4n) is 9.78. The van der Waals surface area contributed by atoms with Crippen LogP contribution < -0.4 is 31.6 Å². The maximum absolute atomic E-state index is 13.7. The van der Waals surface area contributed by atoms with Crippen molar-refractivity contribution >= 4 is 69.2 Å². The van der Waals surface area contributed by atoms with Crippen molar-refractivity contribution in [3.63, 3.8) is 0 Å². The van der Waals surface area contributed by atoms with Crippen LogP contribution in [0.3, 0.4) is 0 Å². The second kappa shape index (κ2) is 26.4. The molecule has 11 heteroatoms. The molecular formula is C59H70ClN3O6P+. The summed E-state index contributed by atoms with van der Waals surface area (Å²) < 4.78 is 11.7. The monoisotopic (exact) mass is 982 g/mol. The minimum atomic E-state index is -1.96. The smallest absolute Gasteiger partial charge is 0.336 e. The number of rotatable bonds is 25. The van der Waals surface area contributed by atoms with E-state index in [1.807, 2.05) is 4.90 Å². The first-order valence-corrected chi connectivity index (χ1v) is 28.0. The number of anilines is 1. The normalized spacial score (nSPS) is 13.3. The molecule has 1 atom stereocenters. The highest BCUT2D eigenvalue weighted by molar-refractivity contribution is 7.95. The number of carbonyl (C=O) groups excluding carboxylic acids is 3. The lowest BCUT2D eigenvalue weighted by Gasteiger charge is -2.36. The quantitative estimate of drug-likeness (QED) is 0.0348. The van der Waals surface area contributed by atoms with E-state index in [1.165, 1.54) is 73.3 Å². The number of fused-ring (bicyclic) bond motifs is 1. The van der Waals surface area contributed by atoms with Crippen molar-refractivity contribution in [2.75, 3.05) is 37.7 Å². The van der Waals surface area contributed by atoms with Gasteiger partial charge in [0, 0.05) is 73.4 Å². The third-order valence-electron chi connectivity index (χ3n) is 13.6. The molecule has 1 aliphatic heterocycles. The SMILES string of the molecule is CCCCCCCCCCCCCC(=O)Nc1ccc(-c2cc(=O)oc3cc(O[C@H](C)C(=O)N4CCN(C(=O)CCCC[P+](c5ccccc5)(c5ccccc5)c5ccccc5)CC4)ccc23)c(Cl)c1. The molecule has 0 bridgehead atoms. The molecular weight excluding hydrogens is 913 g/mol. The Hall–Kier alpha value is -5.76. The minimum Gasteiger partial charge on any atom is -0.481 e. The van der Waals surface area contributed by atoms with Gasteiger partial charge in [-0.05, 0) is 86.8 Å². The fourth-order valence-corrected chi connectivity index (χ4v) is 14.5. The first-order valence-electron chi connectivity index (χ1n) is 25.6. The summed E-state index contributed by atoms with van der Waals surface area (Å²) in [6.45, 7) is 5.72. The average Bonchev–Trinajstić information content (AvgIpc) is 3.38. The third-order valence-corrected chi connectivity index (χ3v) is 18.4. The first kappa shape index (κ1) is 52.1. The van der Waals surface area contributed by atoms with Crippen LogP contribution in [0.2, 0.25) is 5.02 Å². The van der Waals surface area contributed by atoms with E-state index in [2.05, 4.69) is 103 Å². The highest BCUT2D eigenvalue weighted by Crippen LogP contribution is 2.56. The zero-order chi connectivity index (χ0) is 49.1.